The van der Waals surface area contributed by atoms with Gasteiger partial charge in [-0.1, -0.05) is 11.6 Å². The molecule has 166 valence electrons. The standard InChI is InChI=1S/C22H25ClN8O/c1-11-8-30(14-6-26-7-14)9-17-16(5-24)18(23)4-15(20(17)32-11)13(3)31-22-19(12(2)29-31)21(25)27-10-28-22/h4,10-11,13-14,26H,6-9H2,1-3H3,(H2,25,27,28). The second-order valence-electron chi connectivity index (χ2n) is 8.58. The van der Waals surface area contributed by atoms with Crippen LogP contribution in [0.4, 0.5) is 5.82 Å². The number of nitrogen functional groups attached to an aromatic ring is 1. The lowest BCUT2D eigenvalue weighted by Crippen LogP contribution is -2.57. The van der Waals surface area contributed by atoms with Crippen molar-refractivity contribution in [1.82, 2.24) is 30.0 Å². The number of rotatable bonds is 3. The van der Waals surface area contributed by atoms with Gasteiger partial charge in [-0.2, -0.15) is 10.4 Å². The summed E-state index contributed by atoms with van der Waals surface area (Å²) in [6.07, 6.45) is 1.40. The molecule has 0 aliphatic carbocycles. The summed E-state index contributed by atoms with van der Waals surface area (Å²) in [5, 5.41) is 19.1. The van der Waals surface area contributed by atoms with E-state index in [9.17, 15) is 5.26 Å². The molecule has 1 fully saturated rings. The third kappa shape index (κ3) is 3.26. The SMILES string of the molecule is Cc1nn(C(C)c2cc(Cl)c(C#N)c3c2OC(C)CN(C2CNC2)C3)c2ncnc(N)c12. The Kier molecular flexibility index (Phi) is 5.16. The van der Waals surface area contributed by atoms with Gasteiger partial charge in [0.05, 0.1) is 27.7 Å². The zero-order chi connectivity index (χ0) is 22.6. The van der Waals surface area contributed by atoms with Gasteiger partial charge in [-0.15, -0.1) is 0 Å². The Labute approximate surface area is 191 Å². The highest BCUT2D eigenvalue weighted by Crippen LogP contribution is 2.41. The van der Waals surface area contributed by atoms with Crippen LogP contribution >= 0.6 is 11.6 Å². The fourth-order valence-corrected chi connectivity index (χ4v) is 4.92. The molecule has 0 spiro atoms. The molecule has 2 unspecified atom stereocenters. The number of nitrogens with two attached hydrogens (primary N) is 1. The van der Waals surface area contributed by atoms with Crippen molar-refractivity contribution < 1.29 is 4.74 Å². The number of anilines is 1. The van der Waals surface area contributed by atoms with Gasteiger partial charge in [0.1, 0.15) is 30.1 Å². The summed E-state index contributed by atoms with van der Waals surface area (Å²) in [4.78, 5) is 10.9. The third-order valence-corrected chi connectivity index (χ3v) is 6.73. The van der Waals surface area contributed by atoms with Crippen LogP contribution in [0.1, 0.15) is 42.3 Å². The number of benzene rings is 1. The van der Waals surface area contributed by atoms with Crippen molar-refractivity contribution in [1.29, 1.82) is 5.26 Å². The maximum absolute atomic E-state index is 9.88. The number of aryl methyl sites for hydroxylation is 1. The summed E-state index contributed by atoms with van der Waals surface area (Å²) in [6, 6.07) is 4.30. The van der Waals surface area contributed by atoms with Crippen molar-refractivity contribution in [3.8, 4) is 11.8 Å². The Morgan fingerprint density at radius 2 is 2.16 bits per heavy atom. The van der Waals surface area contributed by atoms with Crippen LogP contribution in [0.3, 0.4) is 0 Å². The molecule has 4 heterocycles. The van der Waals surface area contributed by atoms with Crippen molar-refractivity contribution in [3.63, 3.8) is 0 Å². The van der Waals surface area contributed by atoms with Gasteiger partial charge in [0, 0.05) is 43.3 Å². The van der Waals surface area contributed by atoms with Gasteiger partial charge < -0.3 is 15.8 Å². The Bertz CT molecular complexity index is 1250. The molecule has 5 rings (SSSR count). The van der Waals surface area contributed by atoms with Gasteiger partial charge in [-0.25, -0.2) is 14.6 Å². The molecular weight excluding hydrogens is 428 g/mol. The second kappa shape index (κ2) is 7.89. The van der Waals surface area contributed by atoms with E-state index in [1.165, 1.54) is 6.33 Å². The average Bonchev–Trinajstić information content (AvgIpc) is 2.96. The molecule has 2 aromatic heterocycles. The monoisotopic (exact) mass is 452 g/mol. The summed E-state index contributed by atoms with van der Waals surface area (Å²) < 4.78 is 8.28. The van der Waals surface area contributed by atoms with Crippen LogP contribution in [-0.2, 0) is 6.54 Å². The first kappa shape index (κ1) is 20.9. The van der Waals surface area contributed by atoms with Crippen LogP contribution in [0.5, 0.6) is 5.75 Å². The first-order valence-corrected chi connectivity index (χ1v) is 11.1. The average molecular weight is 453 g/mol. The van der Waals surface area contributed by atoms with Crippen molar-refractivity contribution in [3.05, 3.63) is 39.8 Å². The van der Waals surface area contributed by atoms with E-state index in [1.807, 2.05) is 24.6 Å². The number of halogens is 1. The molecular formula is C22H25ClN8O. The Balaban J connectivity index is 1.67. The molecule has 0 saturated carbocycles. The van der Waals surface area contributed by atoms with Crippen molar-refractivity contribution in [2.75, 3.05) is 25.4 Å². The number of nitrogens with one attached hydrogen (secondary N) is 1. The van der Waals surface area contributed by atoms with E-state index in [1.54, 1.807) is 0 Å². The highest BCUT2D eigenvalue weighted by molar-refractivity contribution is 6.32. The van der Waals surface area contributed by atoms with Crippen molar-refractivity contribution in [2.45, 2.75) is 45.5 Å². The number of hydrogen-bond donors (Lipinski definition) is 2. The van der Waals surface area contributed by atoms with Gasteiger partial charge in [0.2, 0.25) is 0 Å². The van der Waals surface area contributed by atoms with Crippen LogP contribution in [-0.4, -0.2) is 56.4 Å². The summed E-state index contributed by atoms with van der Waals surface area (Å²) in [5.74, 6) is 1.11. The molecule has 1 aromatic carbocycles. The van der Waals surface area contributed by atoms with Crippen LogP contribution in [0, 0.1) is 18.3 Å². The number of nitrogens with zero attached hydrogens (tertiary/aromatic N) is 6. The predicted octanol–water partition coefficient (Wildman–Crippen LogP) is 2.41. The lowest BCUT2D eigenvalue weighted by Gasteiger charge is -2.38. The predicted molar refractivity (Wildman–Crippen MR) is 122 cm³/mol. The fourth-order valence-electron chi connectivity index (χ4n) is 4.64. The van der Waals surface area contributed by atoms with Gasteiger partial charge in [-0.3, -0.25) is 4.90 Å². The van der Waals surface area contributed by atoms with E-state index in [0.29, 0.717) is 40.4 Å². The Hall–Kier alpha value is -2.93. The van der Waals surface area contributed by atoms with Crippen LogP contribution in [0.2, 0.25) is 5.02 Å². The van der Waals surface area contributed by atoms with E-state index in [-0.39, 0.29) is 12.1 Å². The molecule has 3 N–H and O–H groups in total. The number of hydrogen-bond acceptors (Lipinski definition) is 8. The molecule has 9 nitrogen and oxygen atoms in total. The van der Waals surface area contributed by atoms with Crippen LogP contribution in [0.25, 0.3) is 11.0 Å². The van der Waals surface area contributed by atoms with E-state index >= 15 is 0 Å². The zero-order valence-corrected chi connectivity index (χ0v) is 19.0. The van der Waals surface area contributed by atoms with Gasteiger partial charge in [0.15, 0.2) is 5.65 Å². The number of nitriles is 1. The van der Waals surface area contributed by atoms with Gasteiger partial charge >= 0.3 is 0 Å². The van der Waals surface area contributed by atoms with Crippen LogP contribution < -0.4 is 15.8 Å². The van der Waals surface area contributed by atoms with E-state index in [2.05, 4.69) is 33.2 Å². The van der Waals surface area contributed by atoms with Gasteiger partial charge in [-0.05, 0) is 26.8 Å². The highest BCUT2D eigenvalue weighted by Gasteiger charge is 2.34. The molecule has 32 heavy (non-hydrogen) atoms. The van der Waals surface area contributed by atoms with Crippen molar-refractivity contribution in [2.24, 2.45) is 0 Å². The highest BCUT2D eigenvalue weighted by atomic mass is 35.5. The van der Waals surface area contributed by atoms with Gasteiger partial charge in [0.25, 0.3) is 0 Å². The smallest absolute Gasteiger partial charge is 0.164 e. The minimum Gasteiger partial charge on any atom is -0.489 e. The van der Waals surface area contributed by atoms with E-state index < -0.39 is 0 Å². The number of aromatic nitrogens is 4. The summed E-state index contributed by atoms with van der Waals surface area (Å²) >= 11 is 6.63. The largest absolute Gasteiger partial charge is 0.489 e. The second-order valence-corrected chi connectivity index (χ2v) is 8.98. The topological polar surface area (TPSA) is 118 Å². The first-order chi connectivity index (χ1) is 15.4. The summed E-state index contributed by atoms with van der Waals surface area (Å²) in [5.41, 5.74) is 9.67. The molecule has 0 bridgehead atoms. The van der Waals surface area contributed by atoms with Crippen LogP contribution in [0.15, 0.2) is 12.4 Å². The minimum absolute atomic E-state index is 0.0374. The molecule has 2 aliphatic heterocycles. The number of fused-ring (bicyclic) bond motifs is 2. The number of ether oxygens (including phenoxy) is 1. The molecule has 2 aliphatic rings. The van der Waals surface area contributed by atoms with Crippen molar-refractivity contribution >= 4 is 28.5 Å². The third-order valence-electron chi connectivity index (χ3n) is 6.43. The maximum atomic E-state index is 9.88. The molecule has 1 saturated heterocycles. The molecule has 0 amide bonds. The summed E-state index contributed by atoms with van der Waals surface area (Å²) in [6.45, 7) is 9.25. The molecule has 10 heteroatoms. The normalized spacial score (nSPS) is 20.2. The molecule has 2 atom stereocenters. The lowest BCUT2D eigenvalue weighted by molar-refractivity contribution is 0.0970. The quantitative estimate of drug-likeness (QED) is 0.622. The maximum Gasteiger partial charge on any atom is 0.164 e. The first-order valence-electron chi connectivity index (χ1n) is 10.7. The minimum atomic E-state index is -0.247. The fraction of sp³-hybridized carbons (Fsp3) is 0.455. The summed E-state index contributed by atoms with van der Waals surface area (Å²) in [7, 11) is 0. The van der Waals surface area contributed by atoms with E-state index in [0.717, 1.165) is 41.8 Å². The zero-order valence-electron chi connectivity index (χ0n) is 18.3. The molecule has 3 aromatic rings. The Morgan fingerprint density at radius 3 is 2.84 bits per heavy atom. The Morgan fingerprint density at radius 1 is 1.38 bits per heavy atom. The lowest BCUT2D eigenvalue weighted by atomic mass is 9.97. The van der Waals surface area contributed by atoms with E-state index in [4.69, 9.17) is 27.2 Å². The molecule has 0 radical (unpaired) electrons.